The maximum absolute atomic E-state index is 14.1. The van der Waals surface area contributed by atoms with E-state index in [2.05, 4.69) is 15.6 Å². The number of fused-ring (bicyclic) bond motifs is 1. The lowest BCUT2D eigenvalue weighted by Gasteiger charge is -2.28. The molecule has 0 radical (unpaired) electrons. The molecule has 0 aliphatic carbocycles. The van der Waals surface area contributed by atoms with E-state index in [9.17, 15) is 9.18 Å². The molecule has 3 aromatic carbocycles. The molecule has 5 rings (SSSR count). The Hall–Kier alpha value is -3.91. The van der Waals surface area contributed by atoms with Crippen LogP contribution in [-0.2, 0) is 10.5 Å². The van der Waals surface area contributed by atoms with Gasteiger partial charge in [-0.15, -0.1) is 5.10 Å². The van der Waals surface area contributed by atoms with E-state index >= 15 is 0 Å². The Bertz CT molecular complexity index is 1420. The van der Waals surface area contributed by atoms with Crippen molar-refractivity contribution in [3.8, 4) is 0 Å². The van der Waals surface area contributed by atoms with Gasteiger partial charge in [0.15, 0.2) is 0 Å². The topological polar surface area (TPSA) is 71.8 Å². The Morgan fingerprint density at radius 3 is 2.60 bits per heavy atom. The monoisotopic (exact) mass is 485 g/mol. The van der Waals surface area contributed by atoms with Gasteiger partial charge in [0.25, 0.3) is 5.91 Å². The highest BCUT2D eigenvalue weighted by atomic mass is 32.2. The molecule has 1 atom stereocenters. The van der Waals surface area contributed by atoms with Gasteiger partial charge < -0.3 is 10.6 Å². The van der Waals surface area contributed by atoms with E-state index in [1.54, 1.807) is 16.8 Å². The smallest absolute Gasteiger partial charge is 0.255 e. The van der Waals surface area contributed by atoms with Gasteiger partial charge in [-0.25, -0.2) is 9.07 Å². The van der Waals surface area contributed by atoms with E-state index < -0.39 is 6.04 Å². The number of nitrogens with zero attached hydrogens (tertiary/aromatic N) is 3. The molecule has 1 unspecified atom stereocenters. The number of aromatic nitrogens is 3. The zero-order valence-corrected chi connectivity index (χ0v) is 20.1. The Kier molecular flexibility index (Phi) is 6.37. The van der Waals surface area contributed by atoms with Crippen LogP contribution in [0.15, 0.2) is 95.3 Å². The van der Waals surface area contributed by atoms with Crippen LogP contribution in [0.5, 0.6) is 0 Å². The van der Waals surface area contributed by atoms with Crippen LogP contribution in [0, 0.1) is 12.7 Å². The molecule has 1 aromatic heterocycles. The molecule has 176 valence electrons. The van der Waals surface area contributed by atoms with Crippen molar-refractivity contribution in [1.82, 2.24) is 14.8 Å². The summed E-state index contributed by atoms with van der Waals surface area (Å²) in [6, 6.07) is 23.7. The first kappa shape index (κ1) is 22.9. The van der Waals surface area contributed by atoms with Gasteiger partial charge >= 0.3 is 0 Å². The number of thioether (sulfide) groups is 1. The number of hydrogen-bond acceptors (Lipinski definition) is 5. The summed E-state index contributed by atoms with van der Waals surface area (Å²) in [5.41, 5.74) is 4.55. The van der Waals surface area contributed by atoms with Crippen molar-refractivity contribution < 1.29 is 9.18 Å². The Morgan fingerprint density at radius 1 is 1.06 bits per heavy atom. The highest BCUT2D eigenvalue weighted by molar-refractivity contribution is 7.98. The average Bonchev–Trinajstić information content (AvgIpc) is 3.25. The molecule has 0 saturated carbocycles. The molecule has 0 spiro atoms. The second-order valence-corrected chi connectivity index (χ2v) is 9.29. The summed E-state index contributed by atoms with van der Waals surface area (Å²) < 4.78 is 15.8. The molecule has 1 aliphatic rings. The van der Waals surface area contributed by atoms with Gasteiger partial charge in [-0.1, -0.05) is 72.4 Å². The molecule has 2 heterocycles. The number of benzene rings is 3. The highest BCUT2D eigenvalue weighted by Gasteiger charge is 2.34. The third kappa shape index (κ3) is 4.83. The van der Waals surface area contributed by atoms with Gasteiger partial charge in [-0.05, 0) is 48.7 Å². The van der Waals surface area contributed by atoms with Crippen LogP contribution in [0.3, 0.4) is 0 Å². The lowest BCUT2D eigenvalue weighted by molar-refractivity contribution is -0.113. The maximum atomic E-state index is 14.1. The van der Waals surface area contributed by atoms with Crippen molar-refractivity contribution in [3.05, 3.63) is 113 Å². The van der Waals surface area contributed by atoms with E-state index in [4.69, 9.17) is 5.10 Å². The summed E-state index contributed by atoms with van der Waals surface area (Å²) >= 11 is 1.35. The van der Waals surface area contributed by atoms with E-state index in [-0.39, 0.29) is 11.7 Å². The Balaban J connectivity index is 1.48. The second kappa shape index (κ2) is 9.76. The maximum Gasteiger partial charge on any atom is 0.255 e. The molecule has 0 fully saturated rings. The standard InChI is InChI=1S/C27H24FN5OS/c1-17-9-8-13-21(15-17)30-25(34)23-18(2)29-26-31-27(35-16-20-12-6-7-14-22(20)28)32-33(26)24(23)19-10-4-3-5-11-19/h3-15,24H,16H2,1-2H3,(H,30,34)(H,29,31,32). The van der Waals surface area contributed by atoms with Crippen molar-refractivity contribution in [3.63, 3.8) is 0 Å². The number of aryl methyl sites for hydroxylation is 1. The number of carbonyl (C=O) groups excluding carboxylic acids is 1. The molecule has 2 N–H and O–H groups in total. The molecule has 8 heteroatoms. The number of rotatable bonds is 6. The largest absolute Gasteiger partial charge is 0.328 e. The van der Waals surface area contributed by atoms with Crippen molar-refractivity contribution in [2.75, 3.05) is 10.6 Å². The second-order valence-electron chi connectivity index (χ2n) is 8.34. The molecule has 0 saturated heterocycles. The molecule has 4 aromatic rings. The molecule has 1 amide bonds. The predicted molar refractivity (Wildman–Crippen MR) is 137 cm³/mol. The summed E-state index contributed by atoms with van der Waals surface area (Å²) in [4.78, 5) is 18.1. The number of hydrogen-bond donors (Lipinski definition) is 2. The van der Waals surface area contributed by atoms with Crippen LogP contribution in [0.25, 0.3) is 0 Å². The number of carbonyl (C=O) groups is 1. The third-order valence-electron chi connectivity index (χ3n) is 5.78. The number of halogens is 1. The molecule has 6 nitrogen and oxygen atoms in total. The van der Waals surface area contributed by atoms with E-state index in [0.717, 1.165) is 16.8 Å². The minimum atomic E-state index is -0.465. The minimum absolute atomic E-state index is 0.212. The SMILES string of the molecule is CC1=C(C(=O)Nc2cccc(C)c2)C(c2ccccc2)n2nc(SCc3ccccc3F)nc2N1. The van der Waals surface area contributed by atoms with Gasteiger partial charge in [-0.3, -0.25) is 4.79 Å². The van der Waals surface area contributed by atoms with Gasteiger partial charge in [0.2, 0.25) is 11.1 Å². The quantitative estimate of drug-likeness (QED) is 0.331. The normalized spacial score (nSPS) is 14.9. The summed E-state index contributed by atoms with van der Waals surface area (Å²) in [5.74, 6) is 0.478. The lowest BCUT2D eigenvalue weighted by atomic mass is 9.95. The van der Waals surface area contributed by atoms with Gasteiger partial charge in [0.05, 0.1) is 5.57 Å². The van der Waals surface area contributed by atoms with Crippen LogP contribution in [0.1, 0.15) is 29.7 Å². The van der Waals surface area contributed by atoms with Crippen molar-refractivity contribution in [2.45, 2.75) is 30.8 Å². The summed E-state index contributed by atoms with van der Waals surface area (Å²) in [5, 5.41) is 11.5. The van der Waals surface area contributed by atoms with Gasteiger partial charge in [-0.2, -0.15) is 4.98 Å². The fourth-order valence-corrected chi connectivity index (χ4v) is 4.92. The number of anilines is 2. The van der Waals surface area contributed by atoms with Crippen LogP contribution < -0.4 is 10.6 Å². The molecule has 0 bridgehead atoms. The molecular weight excluding hydrogens is 461 g/mol. The van der Waals surface area contributed by atoms with Crippen molar-refractivity contribution in [1.29, 1.82) is 0 Å². The van der Waals surface area contributed by atoms with Crippen molar-refractivity contribution >= 4 is 29.3 Å². The number of nitrogens with one attached hydrogen (secondary N) is 2. The van der Waals surface area contributed by atoms with E-state index in [1.165, 1.54) is 17.8 Å². The fraction of sp³-hybridized carbons (Fsp3) is 0.148. The average molecular weight is 486 g/mol. The van der Waals surface area contributed by atoms with Crippen LogP contribution in [0.2, 0.25) is 0 Å². The summed E-state index contributed by atoms with van der Waals surface area (Å²) in [6.45, 7) is 3.85. The lowest BCUT2D eigenvalue weighted by Crippen LogP contribution is -2.31. The van der Waals surface area contributed by atoms with E-state index in [0.29, 0.717) is 33.7 Å². The molecule has 35 heavy (non-hydrogen) atoms. The fourth-order valence-electron chi connectivity index (χ4n) is 4.11. The van der Waals surface area contributed by atoms with Crippen LogP contribution >= 0.6 is 11.8 Å². The van der Waals surface area contributed by atoms with Crippen molar-refractivity contribution in [2.24, 2.45) is 0 Å². The number of allylic oxidation sites excluding steroid dienone is 1. The predicted octanol–water partition coefficient (Wildman–Crippen LogP) is 5.95. The summed E-state index contributed by atoms with van der Waals surface area (Å²) in [7, 11) is 0. The van der Waals surface area contributed by atoms with Gasteiger partial charge in [0.1, 0.15) is 11.9 Å². The Labute approximate surface area is 207 Å². The van der Waals surface area contributed by atoms with Gasteiger partial charge in [0, 0.05) is 17.1 Å². The number of amides is 1. The first-order valence-electron chi connectivity index (χ1n) is 11.2. The zero-order valence-electron chi connectivity index (χ0n) is 19.3. The molecular formula is C27H24FN5OS. The first-order valence-corrected chi connectivity index (χ1v) is 12.2. The summed E-state index contributed by atoms with van der Waals surface area (Å²) in [6.07, 6.45) is 0. The third-order valence-corrected chi connectivity index (χ3v) is 6.67. The van der Waals surface area contributed by atoms with Crippen LogP contribution in [-0.4, -0.2) is 20.7 Å². The van der Waals surface area contributed by atoms with Crippen LogP contribution in [0.4, 0.5) is 16.0 Å². The zero-order chi connectivity index (χ0) is 24.4. The van der Waals surface area contributed by atoms with E-state index in [1.807, 2.05) is 74.5 Å². The Morgan fingerprint density at radius 2 is 1.83 bits per heavy atom. The highest BCUT2D eigenvalue weighted by Crippen LogP contribution is 2.37. The molecule has 1 aliphatic heterocycles. The first-order chi connectivity index (χ1) is 17.0. The minimum Gasteiger partial charge on any atom is -0.328 e.